The minimum absolute atomic E-state index is 0.423. The zero-order valence-corrected chi connectivity index (χ0v) is 11.1. The molecule has 0 aliphatic heterocycles. The fourth-order valence-corrected chi connectivity index (χ4v) is 2.18. The van der Waals surface area contributed by atoms with E-state index in [0.29, 0.717) is 4.99 Å². The van der Waals surface area contributed by atoms with E-state index in [1.54, 1.807) is 11.3 Å². The van der Waals surface area contributed by atoms with Gasteiger partial charge in [0.2, 0.25) is 0 Å². The molecule has 2 rings (SSSR count). The average molecular weight is 263 g/mol. The van der Waals surface area contributed by atoms with Gasteiger partial charge in [0, 0.05) is 16.6 Å². The molecule has 1 aromatic heterocycles. The maximum Gasteiger partial charge on any atom is 0.103 e. The molecule has 2 aromatic rings. The Hall–Kier alpha value is -1.46. The quantitative estimate of drug-likeness (QED) is 0.833. The first-order chi connectivity index (χ1) is 8.15. The number of aryl methyl sites for hydroxylation is 1. The molecule has 5 heteroatoms. The predicted molar refractivity (Wildman–Crippen MR) is 76.5 cm³/mol. The molecule has 0 unspecified atom stereocenters. The van der Waals surface area contributed by atoms with Gasteiger partial charge in [0.15, 0.2) is 0 Å². The highest BCUT2D eigenvalue weighted by Gasteiger charge is 1.99. The summed E-state index contributed by atoms with van der Waals surface area (Å²) in [7, 11) is 0. The summed E-state index contributed by atoms with van der Waals surface area (Å²) in [6.45, 7) is 2.74. The Morgan fingerprint density at radius 1 is 1.41 bits per heavy atom. The SMILES string of the molecule is Cc1nc(CNc2ccc(C(N)=S)cc2)cs1. The highest BCUT2D eigenvalue weighted by molar-refractivity contribution is 7.80. The lowest BCUT2D eigenvalue weighted by atomic mass is 10.2. The van der Waals surface area contributed by atoms with Crippen molar-refractivity contribution >= 4 is 34.2 Å². The monoisotopic (exact) mass is 263 g/mol. The van der Waals surface area contributed by atoms with Gasteiger partial charge in [-0.1, -0.05) is 12.2 Å². The third kappa shape index (κ3) is 3.25. The second-order valence-corrected chi connectivity index (χ2v) is 5.16. The molecule has 0 fully saturated rings. The molecule has 0 bridgehead atoms. The Balaban J connectivity index is 1.97. The molecule has 0 atom stereocenters. The van der Waals surface area contributed by atoms with Crippen molar-refractivity contribution in [3.8, 4) is 0 Å². The van der Waals surface area contributed by atoms with Gasteiger partial charge in [-0.25, -0.2) is 4.98 Å². The van der Waals surface area contributed by atoms with Crippen LogP contribution in [0.2, 0.25) is 0 Å². The first-order valence-electron chi connectivity index (χ1n) is 5.20. The summed E-state index contributed by atoms with van der Waals surface area (Å²) in [4.78, 5) is 4.81. The minimum atomic E-state index is 0.423. The van der Waals surface area contributed by atoms with Gasteiger partial charge >= 0.3 is 0 Å². The van der Waals surface area contributed by atoms with E-state index in [-0.39, 0.29) is 0 Å². The standard InChI is InChI=1S/C12H13N3S2/c1-8-15-11(7-17-8)6-14-10-4-2-9(3-5-10)12(13)16/h2-5,7,14H,6H2,1H3,(H2,13,16). The van der Waals surface area contributed by atoms with Crippen LogP contribution in [0.25, 0.3) is 0 Å². The number of hydrogen-bond acceptors (Lipinski definition) is 4. The van der Waals surface area contributed by atoms with E-state index in [1.807, 2.05) is 31.2 Å². The lowest BCUT2D eigenvalue weighted by Gasteiger charge is -2.05. The summed E-state index contributed by atoms with van der Waals surface area (Å²) < 4.78 is 0. The zero-order chi connectivity index (χ0) is 12.3. The molecule has 3 nitrogen and oxygen atoms in total. The summed E-state index contributed by atoms with van der Waals surface area (Å²) in [6.07, 6.45) is 0. The van der Waals surface area contributed by atoms with E-state index in [1.165, 1.54) is 0 Å². The number of nitrogens with one attached hydrogen (secondary N) is 1. The smallest absolute Gasteiger partial charge is 0.103 e. The van der Waals surface area contributed by atoms with Crippen LogP contribution in [-0.4, -0.2) is 9.97 Å². The van der Waals surface area contributed by atoms with Crippen molar-refractivity contribution in [2.75, 3.05) is 5.32 Å². The summed E-state index contributed by atoms with van der Waals surface area (Å²) >= 11 is 6.56. The number of nitrogens with two attached hydrogens (primary N) is 1. The van der Waals surface area contributed by atoms with E-state index in [2.05, 4.69) is 15.7 Å². The van der Waals surface area contributed by atoms with Gasteiger partial charge < -0.3 is 11.1 Å². The number of hydrogen-bond donors (Lipinski definition) is 2. The van der Waals surface area contributed by atoms with Gasteiger partial charge in [-0.3, -0.25) is 0 Å². The highest BCUT2D eigenvalue weighted by atomic mass is 32.1. The van der Waals surface area contributed by atoms with Crippen LogP contribution in [0, 0.1) is 6.92 Å². The molecular weight excluding hydrogens is 250 g/mol. The van der Waals surface area contributed by atoms with Gasteiger partial charge in [-0.15, -0.1) is 11.3 Å². The number of nitrogens with zero attached hydrogens (tertiary/aromatic N) is 1. The molecule has 3 N–H and O–H groups in total. The van der Waals surface area contributed by atoms with Crippen molar-refractivity contribution in [3.63, 3.8) is 0 Å². The molecule has 88 valence electrons. The van der Waals surface area contributed by atoms with Crippen molar-refractivity contribution in [2.45, 2.75) is 13.5 Å². The van der Waals surface area contributed by atoms with Crippen LogP contribution >= 0.6 is 23.6 Å². The van der Waals surface area contributed by atoms with Crippen LogP contribution in [0.1, 0.15) is 16.3 Å². The number of aromatic nitrogens is 1. The van der Waals surface area contributed by atoms with Gasteiger partial charge in [0.1, 0.15) is 4.99 Å². The van der Waals surface area contributed by atoms with Crippen molar-refractivity contribution in [1.82, 2.24) is 4.98 Å². The molecule has 0 saturated heterocycles. The van der Waals surface area contributed by atoms with Crippen LogP contribution in [0.15, 0.2) is 29.6 Å². The molecular formula is C12H13N3S2. The van der Waals surface area contributed by atoms with Gasteiger partial charge in [-0.05, 0) is 31.2 Å². The van der Waals surface area contributed by atoms with Crippen LogP contribution < -0.4 is 11.1 Å². The lowest BCUT2D eigenvalue weighted by Crippen LogP contribution is -2.09. The summed E-state index contributed by atoms with van der Waals surface area (Å²) in [6, 6.07) is 7.76. The number of anilines is 1. The van der Waals surface area contributed by atoms with Gasteiger partial charge in [0.25, 0.3) is 0 Å². The third-order valence-electron chi connectivity index (χ3n) is 2.31. The van der Waals surface area contributed by atoms with E-state index in [4.69, 9.17) is 18.0 Å². The fourth-order valence-electron chi connectivity index (χ4n) is 1.43. The average Bonchev–Trinajstić information content (AvgIpc) is 2.73. The van der Waals surface area contributed by atoms with Gasteiger partial charge in [-0.2, -0.15) is 0 Å². The number of benzene rings is 1. The van der Waals surface area contributed by atoms with E-state index in [0.717, 1.165) is 28.5 Å². The molecule has 0 radical (unpaired) electrons. The fraction of sp³-hybridized carbons (Fsp3) is 0.167. The molecule has 0 spiro atoms. The van der Waals surface area contributed by atoms with Crippen molar-refractivity contribution in [3.05, 3.63) is 45.9 Å². The topological polar surface area (TPSA) is 50.9 Å². The van der Waals surface area contributed by atoms with Crippen LogP contribution in [-0.2, 0) is 6.54 Å². The van der Waals surface area contributed by atoms with Crippen molar-refractivity contribution < 1.29 is 0 Å². The number of thiazole rings is 1. The number of thiocarbonyl (C=S) groups is 1. The summed E-state index contributed by atoms with van der Waals surface area (Å²) in [5, 5.41) is 6.45. The largest absolute Gasteiger partial charge is 0.389 e. The van der Waals surface area contributed by atoms with Crippen LogP contribution in [0.5, 0.6) is 0 Å². The second kappa shape index (κ2) is 5.25. The molecule has 0 amide bonds. The van der Waals surface area contributed by atoms with Crippen LogP contribution in [0.4, 0.5) is 5.69 Å². The molecule has 0 aliphatic carbocycles. The Kier molecular flexibility index (Phi) is 3.71. The maximum absolute atomic E-state index is 5.53. The summed E-state index contributed by atoms with van der Waals surface area (Å²) in [5.41, 5.74) is 8.52. The first-order valence-corrected chi connectivity index (χ1v) is 6.48. The van der Waals surface area contributed by atoms with E-state index >= 15 is 0 Å². The first kappa shape index (κ1) is 12.0. The molecule has 17 heavy (non-hydrogen) atoms. The second-order valence-electron chi connectivity index (χ2n) is 3.65. The normalized spacial score (nSPS) is 10.2. The predicted octanol–water partition coefficient (Wildman–Crippen LogP) is 2.70. The minimum Gasteiger partial charge on any atom is -0.389 e. The molecule has 1 aromatic carbocycles. The Labute approximate surface area is 110 Å². The zero-order valence-electron chi connectivity index (χ0n) is 9.43. The number of rotatable bonds is 4. The third-order valence-corrected chi connectivity index (χ3v) is 3.37. The Morgan fingerprint density at radius 3 is 2.65 bits per heavy atom. The Bertz CT molecular complexity index is 517. The molecule has 0 saturated carbocycles. The van der Waals surface area contributed by atoms with Crippen LogP contribution in [0.3, 0.4) is 0 Å². The summed E-state index contributed by atoms with van der Waals surface area (Å²) in [5.74, 6) is 0. The lowest BCUT2D eigenvalue weighted by molar-refractivity contribution is 1.05. The maximum atomic E-state index is 5.53. The van der Waals surface area contributed by atoms with Crippen molar-refractivity contribution in [2.24, 2.45) is 5.73 Å². The van der Waals surface area contributed by atoms with E-state index < -0.39 is 0 Å². The highest BCUT2D eigenvalue weighted by Crippen LogP contribution is 2.13. The Morgan fingerprint density at radius 2 is 2.12 bits per heavy atom. The van der Waals surface area contributed by atoms with E-state index in [9.17, 15) is 0 Å². The molecule has 1 heterocycles. The van der Waals surface area contributed by atoms with Gasteiger partial charge in [0.05, 0.1) is 17.2 Å². The molecule has 0 aliphatic rings. The van der Waals surface area contributed by atoms with Crippen molar-refractivity contribution in [1.29, 1.82) is 0 Å².